The predicted octanol–water partition coefficient (Wildman–Crippen LogP) is 3.89. The van der Waals surface area contributed by atoms with E-state index in [9.17, 15) is 4.79 Å². The maximum atomic E-state index is 11.2. The Morgan fingerprint density at radius 1 is 1.09 bits per heavy atom. The van der Waals surface area contributed by atoms with Gasteiger partial charge in [0, 0.05) is 17.1 Å². The van der Waals surface area contributed by atoms with E-state index in [2.05, 4.69) is 40.2 Å². The van der Waals surface area contributed by atoms with Crippen molar-refractivity contribution in [2.24, 2.45) is 5.16 Å². The molecule has 0 spiro atoms. The number of carbonyl (C=O) groups excluding carboxylic acids is 1. The van der Waals surface area contributed by atoms with E-state index in [1.54, 1.807) is 11.8 Å². The second-order valence-electron chi connectivity index (χ2n) is 4.71. The molecule has 0 amide bonds. The lowest BCUT2D eigenvalue weighted by Gasteiger charge is -2.06. The molecule has 0 unspecified atom stereocenters. The van der Waals surface area contributed by atoms with E-state index in [0.29, 0.717) is 18.6 Å². The Kier molecular flexibility index (Phi) is 6.27. The van der Waals surface area contributed by atoms with Crippen molar-refractivity contribution in [2.45, 2.75) is 17.7 Å². The van der Waals surface area contributed by atoms with Crippen molar-refractivity contribution >= 4 is 34.2 Å². The van der Waals surface area contributed by atoms with E-state index in [4.69, 9.17) is 4.84 Å². The molecule has 0 aromatic heterocycles. The van der Waals surface area contributed by atoms with E-state index < -0.39 is 0 Å². The topological polar surface area (TPSA) is 47.9 Å². The highest BCUT2D eigenvalue weighted by molar-refractivity contribution is 8.00. The van der Waals surface area contributed by atoms with Crippen molar-refractivity contribution in [3.05, 3.63) is 42.5 Å². The fourth-order valence-electron chi connectivity index (χ4n) is 2.05. The van der Waals surface area contributed by atoms with Gasteiger partial charge in [0.1, 0.15) is 7.11 Å². The molecule has 0 aliphatic carbocycles. The summed E-state index contributed by atoms with van der Waals surface area (Å²) in [5.41, 5.74) is 0.839. The average Bonchev–Trinajstić information content (AvgIpc) is 2.56. The summed E-state index contributed by atoms with van der Waals surface area (Å²) < 4.78 is 4.65. The van der Waals surface area contributed by atoms with Crippen molar-refractivity contribution in [3.8, 4) is 0 Å². The van der Waals surface area contributed by atoms with Crippen LogP contribution < -0.4 is 0 Å². The number of nitrogens with zero attached hydrogens (tertiary/aromatic N) is 1. The second kappa shape index (κ2) is 8.44. The van der Waals surface area contributed by atoms with Crippen LogP contribution in [0.3, 0.4) is 0 Å². The average molecular weight is 317 g/mol. The largest absolute Gasteiger partial charge is 0.469 e. The highest BCUT2D eigenvalue weighted by Crippen LogP contribution is 2.24. The third-order valence-corrected chi connectivity index (χ3v) is 4.26. The van der Waals surface area contributed by atoms with Crippen LogP contribution in [0.4, 0.5) is 0 Å². The zero-order valence-corrected chi connectivity index (χ0v) is 13.6. The molecule has 2 aromatic carbocycles. The molecule has 22 heavy (non-hydrogen) atoms. The third-order valence-electron chi connectivity index (χ3n) is 3.19. The molecule has 0 N–H and O–H groups in total. The molecule has 5 heteroatoms. The lowest BCUT2D eigenvalue weighted by Crippen LogP contribution is -2.08. The lowest BCUT2D eigenvalue weighted by atomic mass is 10.1. The number of oxime groups is 1. The van der Waals surface area contributed by atoms with Crippen LogP contribution in [-0.2, 0) is 14.4 Å². The van der Waals surface area contributed by atoms with Gasteiger partial charge >= 0.3 is 5.97 Å². The Bertz CT molecular complexity index is 670. The van der Waals surface area contributed by atoms with E-state index in [1.807, 2.05) is 12.1 Å². The van der Waals surface area contributed by atoms with Gasteiger partial charge < -0.3 is 9.57 Å². The van der Waals surface area contributed by atoms with Gasteiger partial charge in [-0.05, 0) is 22.9 Å². The summed E-state index contributed by atoms with van der Waals surface area (Å²) in [6, 6.07) is 14.6. The fourth-order valence-corrected chi connectivity index (χ4v) is 2.95. The number of carbonyl (C=O) groups is 1. The molecule has 2 aromatic rings. The highest BCUT2D eigenvalue weighted by atomic mass is 32.2. The van der Waals surface area contributed by atoms with Gasteiger partial charge in [-0.3, -0.25) is 4.79 Å². The van der Waals surface area contributed by atoms with Crippen LogP contribution >= 0.6 is 11.8 Å². The SMILES string of the molecule is CO/N=C(/CCC(=O)OC)CSc1ccc2ccccc2c1. The Labute approximate surface area is 134 Å². The van der Waals surface area contributed by atoms with Crippen LogP contribution in [0, 0.1) is 0 Å². The van der Waals surface area contributed by atoms with Gasteiger partial charge in [0.2, 0.25) is 0 Å². The first-order chi connectivity index (χ1) is 10.7. The van der Waals surface area contributed by atoms with E-state index >= 15 is 0 Å². The Balaban J connectivity index is 1.98. The molecular weight excluding hydrogens is 298 g/mol. The summed E-state index contributed by atoms with van der Waals surface area (Å²) in [5.74, 6) is 0.447. The number of fused-ring (bicyclic) bond motifs is 1. The smallest absolute Gasteiger partial charge is 0.305 e. The summed E-state index contributed by atoms with van der Waals surface area (Å²) in [6.45, 7) is 0. The molecule has 0 fully saturated rings. The minimum Gasteiger partial charge on any atom is -0.469 e. The number of esters is 1. The summed E-state index contributed by atoms with van der Waals surface area (Å²) in [4.78, 5) is 17.2. The first-order valence-electron chi connectivity index (χ1n) is 7.00. The van der Waals surface area contributed by atoms with Gasteiger partial charge in [0.25, 0.3) is 0 Å². The first kappa shape index (κ1) is 16.4. The van der Waals surface area contributed by atoms with Gasteiger partial charge in [-0.1, -0.05) is 35.5 Å². The molecule has 0 aliphatic rings. The van der Waals surface area contributed by atoms with Crippen molar-refractivity contribution in [1.82, 2.24) is 0 Å². The third kappa shape index (κ3) is 4.77. The van der Waals surface area contributed by atoms with E-state index in [0.717, 1.165) is 5.71 Å². The molecule has 0 saturated carbocycles. The normalized spacial score (nSPS) is 11.5. The van der Waals surface area contributed by atoms with Crippen LogP contribution in [0.1, 0.15) is 12.8 Å². The van der Waals surface area contributed by atoms with E-state index in [1.165, 1.54) is 29.9 Å². The molecule has 0 heterocycles. The molecule has 4 nitrogen and oxygen atoms in total. The van der Waals surface area contributed by atoms with Gasteiger partial charge in [-0.15, -0.1) is 11.8 Å². The van der Waals surface area contributed by atoms with Gasteiger partial charge in [0.15, 0.2) is 0 Å². The zero-order chi connectivity index (χ0) is 15.8. The minimum absolute atomic E-state index is 0.237. The number of hydrogen-bond donors (Lipinski definition) is 0. The number of hydrogen-bond acceptors (Lipinski definition) is 5. The minimum atomic E-state index is -0.237. The van der Waals surface area contributed by atoms with Crippen LogP contribution in [0.25, 0.3) is 10.8 Å². The summed E-state index contributed by atoms with van der Waals surface area (Å²) in [7, 11) is 2.90. The Hall–Kier alpha value is -2.01. The molecule has 2 rings (SSSR count). The van der Waals surface area contributed by atoms with Gasteiger partial charge in [-0.25, -0.2) is 0 Å². The number of benzene rings is 2. The van der Waals surface area contributed by atoms with Crippen molar-refractivity contribution in [3.63, 3.8) is 0 Å². The lowest BCUT2D eigenvalue weighted by molar-refractivity contribution is -0.140. The maximum Gasteiger partial charge on any atom is 0.305 e. The van der Waals surface area contributed by atoms with Crippen LogP contribution in [-0.4, -0.2) is 31.7 Å². The molecule has 0 radical (unpaired) electrons. The van der Waals surface area contributed by atoms with Crippen molar-refractivity contribution in [1.29, 1.82) is 0 Å². The first-order valence-corrected chi connectivity index (χ1v) is 7.99. The molecule has 0 atom stereocenters. The zero-order valence-electron chi connectivity index (χ0n) is 12.7. The monoisotopic (exact) mass is 317 g/mol. The maximum absolute atomic E-state index is 11.2. The standard InChI is InChI=1S/C17H19NO3S/c1-20-17(19)10-8-15(18-21-2)12-22-16-9-7-13-5-3-4-6-14(13)11-16/h3-7,9,11H,8,10,12H2,1-2H3/b18-15-. The second-order valence-corrected chi connectivity index (χ2v) is 5.76. The number of rotatable bonds is 7. The molecule has 0 aliphatic heterocycles. The Morgan fingerprint density at radius 3 is 2.59 bits per heavy atom. The number of methoxy groups -OCH3 is 1. The van der Waals surface area contributed by atoms with Crippen molar-refractivity contribution in [2.75, 3.05) is 20.0 Å². The highest BCUT2D eigenvalue weighted by Gasteiger charge is 2.07. The fraction of sp³-hybridized carbons (Fsp3) is 0.294. The quantitative estimate of drug-likeness (QED) is 0.336. The van der Waals surface area contributed by atoms with E-state index in [-0.39, 0.29) is 5.97 Å². The predicted molar refractivity (Wildman–Crippen MR) is 90.4 cm³/mol. The molecule has 116 valence electrons. The molecule has 0 bridgehead atoms. The van der Waals surface area contributed by atoms with Crippen molar-refractivity contribution < 1.29 is 14.4 Å². The summed E-state index contributed by atoms with van der Waals surface area (Å²) in [6.07, 6.45) is 0.859. The summed E-state index contributed by atoms with van der Waals surface area (Å²) in [5, 5.41) is 6.44. The number of thioether (sulfide) groups is 1. The van der Waals surface area contributed by atoms with Crippen LogP contribution in [0.15, 0.2) is 52.5 Å². The van der Waals surface area contributed by atoms with Gasteiger partial charge in [0.05, 0.1) is 19.2 Å². The van der Waals surface area contributed by atoms with Gasteiger partial charge in [-0.2, -0.15) is 0 Å². The molecule has 0 saturated heterocycles. The number of ether oxygens (including phenoxy) is 1. The van der Waals surface area contributed by atoms with Crippen LogP contribution in [0.2, 0.25) is 0 Å². The molecular formula is C17H19NO3S. The Morgan fingerprint density at radius 2 is 1.86 bits per heavy atom. The summed E-state index contributed by atoms with van der Waals surface area (Å²) >= 11 is 1.68. The van der Waals surface area contributed by atoms with Crippen LogP contribution in [0.5, 0.6) is 0 Å².